The summed E-state index contributed by atoms with van der Waals surface area (Å²) in [5.74, 6) is 0. The van der Waals surface area contributed by atoms with Crippen molar-refractivity contribution in [2.45, 2.75) is 38.2 Å². The molecule has 2 aliphatic heterocycles. The summed E-state index contributed by atoms with van der Waals surface area (Å²) in [6.45, 7) is 4.17. The summed E-state index contributed by atoms with van der Waals surface area (Å²) in [5.41, 5.74) is 0. The van der Waals surface area contributed by atoms with Crippen LogP contribution in [0.25, 0.3) is 0 Å². The molecule has 2 heterocycles. The maximum Gasteiger partial charge on any atom is 0.506 e. The molecule has 0 spiro atoms. The lowest BCUT2D eigenvalue weighted by Gasteiger charge is -2.41. The molecule has 2 aliphatic rings. The van der Waals surface area contributed by atoms with Crippen molar-refractivity contribution < 1.29 is 14.6 Å². The Morgan fingerprint density at radius 3 is 2.12 bits per heavy atom. The van der Waals surface area contributed by atoms with Crippen LogP contribution in [0.15, 0.2) is 0 Å². The Hall–Kier alpha value is -0.810. The molecule has 0 aliphatic carbocycles. The molecule has 0 aromatic rings. The van der Waals surface area contributed by atoms with Crippen molar-refractivity contribution in [3.8, 4) is 0 Å². The van der Waals surface area contributed by atoms with Crippen LogP contribution in [0, 0.1) is 0 Å². The number of ether oxygens (including phenoxy) is 1. The minimum absolute atomic E-state index is 0.0986. The number of piperidine rings is 2. The van der Waals surface area contributed by atoms with Gasteiger partial charge in [-0.15, -0.1) is 0 Å². The van der Waals surface area contributed by atoms with E-state index in [1.54, 1.807) is 0 Å². The number of carboxylic acid groups (broad SMARTS) is 1. The Bertz CT molecular complexity index is 233. The van der Waals surface area contributed by atoms with Gasteiger partial charge in [-0.05, 0) is 25.7 Å². The molecule has 0 bridgehead atoms. The van der Waals surface area contributed by atoms with Crippen molar-refractivity contribution in [1.82, 2.24) is 10.0 Å². The fourth-order valence-electron chi connectivity index (χ4n) is 2.55. The average molecular weight is 228 g/mol. The molecular weight excluding hydrogens is 208 g/mol. The monoisotopic (exact) mass is 228 g/mol. The van der Waals surface area contributed by atoms with Crippen molar-refractivity contribution in [2.24, 2.45) is 0 Å². The molecule has 0 aromatic heterocycles. The molecule has 0 aromatic carbocycles. The minimum Gasteiger partial charge on any atom is -0.450 e. The first-order chi connectivity index (χ1) is 7.75. The summed E-state index contributed by atoms with van der Waals surface area (Å²) in [4.78, 5) is 10.4. The molecule has 16 heavy (non-hydrogen) atoms. The van der Waals surface area contributed by atoms with E-state index in [2.05, 4.69) is 10.0 Å². The lowest BCUT2D eigenvalue weighted by Crippen LogP contribution is -2.50. The van der Waals surface area contributed by atoms with Gasteiger partial charge in [0.05, 0.1) is 0 Å². The third-order valence-corrected chi connectivity index (χ3v) is 3.42. The van der Waals surface area contributed by atoms with Gasteiger partial charge >= 0.3 is 6.16 Å². The van der Waals surface area contributed by atoms with Crippen molar-refractivity contribution in [1.29, 1.82) is 0 Å². The van der Waals surface area contributed by atoms with Gasteiger partial charge in [-0.3, -0.25) is 0 Å². The van der Waals surface area contributed by atoms with Gasteiger partial charge in [0.1, 0.15) is 6.10 Å². The highest BCUT2D eigenvalue weighted by Gasteiger charge is 2.26. The molecule has 0 saturated carbocycles. The topological polar surface area (TPSA) is 53.0 Å². The van der Waals surface area contributed by atoms with Crippen LogP contribution in [0.5, 0.6) is 0 Å². The van der Waals surface area contributed by atoms with E-state index in [1.165, 1.54) is 19.3 Å². The van der Waals surface area contributed by atoms with E-state index in [4.69, 9.17) is 9.84 Å². The zero-order chi connectivity index (χ0) is 11.4. The van der Waals surface area contributed by atoms with Crippen LogP contribution >= 0.6 is 0 Å². The zero-order valence-corrected chi connectivity index (χ0v) is 9.60. The second-order valence-corrected chi connectivity index (χ2v) is 4.55. The average Bonchev–Trinajstić information content (AvgIpc) is 2.30. The molecule has 1 N–H and O–H groups in total. The molecule has 2 saturated heterocycles. The Labute approximate surface area is 95.9 Å². The number of hydrogen-bond donors (Lipinski definition) is 1. The fraction of sp³-hybridized carbons (Fsp3) is 0.909. The van der Waals surface area contributed by atoms with E-state index in [0.717, 1.165) is 39.0 Å². The molecule has 0 radical (unpaired) electrons. The second kappa shape index (κ2) is 5.50. The predicted molar refractivity (Wildman–Crippen MR) is 59.1 cm³/mol. The molecule has 5 heteroatoms. The Morgan fingerprint density at radius 1 is 1.00 bits per heavy atom. The first kappa shape index (κ1) is 11.7. The van der Waals surface area contributed by atoms with Crippen LogP contribution < -0.4 is 0 Å². The van der Waals surface area contributed by atoms with Crippen LogP contribution in [0.4, 0.5) is 4.79 Å². The summed E-state index contributed by atoms with van der Waals surface area (Å²) < 4.78 is 4.80. The standard InChI is InChI=1S/C11H20N2O3/c14-11(15)16-10-4-8-13(9-5-10)12-6-2-1-3-7-12/h10H,1-9H2,(H,14,15). The first-order valence-electron chi connectivity index (χ1n) is 6.15. The van der Waals surface area contributed by atoms with Crippen LogP contribution in [0.2, 0.25) is 0 Å². The van der Waals surface area contributed by atoms with E-state index in [-0.39, 0.29) is 6.10 Å². The van der Waals surface area contributed by atoms with Gasteiger partial charge in [-0.2, -0.15) is 0 Å². The van der Waals surface area contributed by atoms with Gasteiger partial charge in [0.25, 0.3) is 0 Å². The fourth-order valence-corrected chi connectivity index (χ4v) is 2.55. The highest BCUT2D eigenvalue weighted by molar-refractivity contribution is 5.57. The molecule has 5 nitrogen and oxygen atoms in total. The normalized spacial score (nSPS) is 25.5. The van der Waals surface area contributed by atoms with E-state index in [9.17, 15) is 4.79 Å². The predicted octanol–water partition coefficient (Wildman–Crippen LogP) is 1.55. The second-order valence-electron chi connectivity index (χ2n) is 4.55. The van der Waals surface area contributed by atoms with Crippen LogP contribution in [-0.2, 0) is 4.74 Å². The van der Waals surface area contributed by atoms with E-state index in [1.807, 2.05) is 0 Å². The Kier molecular flexibility index (Phi) is 4.01. The molecule has 0 amide bonds. The van der Waals surface area contributed by atoms with Gasteiger partial charge in [-0.25, -0.2) is 14.8 Å². The van der Waals surface area contributed by atoms with Crippen molar-refractivity contribution in [3.05, 3.63) is 0 Å². The van der Waals surface area contributed by atoms with E-state index < -0.39 is 6.16 Å². The lowest BCUT2D eigenvalue weighted by atomic mass is 10.1. The molecule has 2 fully saturated rings. The van der Waals surface area contributed by atoms with Crippen LogP contribution in [-0.4, -0.2) is 53.6 Å². The van der Waals surface area contributed by atoms with Crippen molar-refractivity contribution in [2.75, 3.05) is 26.2 Å². The largest absolute Gasteiger partial charge is 0.506 e. The highest BCUT2D eigenvalue weighted by atomic mass is 16.7. The summed E-state index contributed by atoms with van der Waals surface area (Å²) in [7, 11) is 0. The van der Waals surface area contributed by atoms with E-state index in [0.29, 0.717) is 0 Å². The maximum absolute atomic E-state index is 10.4. The number of hydrogen-bond acceptors (Lipinski definition) is 4. The lowest BCUT2D eigenvalue weighted by molar-refractivity contribution is -0.0793. The number of rotatable bonds is 2. The zero-order valence-electron chi connectivity index (χ0n) is 9.60. The molecule has 0 unspecified atom stereocenters. The number of nitrogens with zero attached hydrogens (tertiary/aromatic N) is 2. The van der Waals surface area contributed by atoms with Gasteiger partial charge in [0.15, 0.2) is 0 Å². The summed E-state index contributed by atoms with van der Waals surface area (Å²) >= 11 is 0. The molecular formula is C11H20N2O3. The number of hydrazine groups is 1. The van der Waals surface area contributed by atoms with Crippen LogP contribution in [0.1, 0.15) is 32.1 Å². The molecule has 2 rings (SSSR count). The van der Waals surface area contributed by atoms with E-state index >= 15 is 0 Å². The third kappa shape index (κ3) is 3.09. The Morgan fingerprint density at radius 2 is 1.56 bits per heavy atom. The van der Waals surface area contributed by atoms with Gasteiger partial charge < -0.3 is 9.84 Å². The molecule has 92 valence electrons. The summed E-state index contributed by atoms with van der Waals surface area (Å²) in [5, 5.41) is 13.3. The summed E-state index contributed by atoms with van der Waals surface area (Å²) in [6.07, 6.45) is 4.31. The van der Waals surface area contributed by atoms with Gasteiger partial charge in [-0.1, -0.05) is 6.42 Å². The number of carbonyl (C=O) groups is 1. The first-order valence-corrected chi connectivity index (χ1v) is 6.15. The van der Waals surface area contributed by atoms with Gasteiger partial charge in [0.2, 0.25) is 0 Å². The smallest absolute Gasteiger partial charge is 0.450 e. The van der Waals surface area contributed by atoms with Gasteiger partial charge in [0, 0.05) is 26.2 Å². The van der Waals surface area contributed by atoms with Crippen molar-refractivity contribution in [3.63, 3.8) is 0 Å². The maximum atomic E-state index is 10.4. The molecule has 0 atom stereocenters. The quantitative estimate of drug-likeness (QED) is 0.727. The highest BCUT2D eigenvalue weighted by Crippen LogP contribution is 2.18. The Balaban J connectivity index is 1.73. The van der Waals surface area contributed by atoms with Crippen molar-refractivity contribution >= 4 is 6.16 Å². The van der Waals surface area contributed by atoms with Crippen LogP contribution in [0.3, 0.4) is 0 Å². The SMILES string of the molecule is O=C(O)OC1CCN(N2CCCCC2)CC1. The third-order valence-electron chi connectivity index (χ3n) is 3.42. The summed E-state index contributed by atoms with van der Waals surface area (Å²) in [6, 6.07) is 0. The minimum atomic E-state index is -1.14.